The van der Waals surface area contributed by atoms with Crippen molar-refractivity contribution in [3.8, 4) is 5.75 Å². The summed E-state index contributed by atoms with van der Waals surface area (Å²) in [4.78, 5) is 9.96. The van der Waals surface area contributed by atoms with Gasteiger partial charge < -0.3 is 15.4 Å². The topological polar surface area (TPSA) is 58.5 Å². The molecule has 1 heterocycles. The van der Waals surface area contributed by atoms with E-state index >= 15 is 0 Å². The summed E-state index contributed by atoms with van der Waals surface area (Å²) in [6.07, 6.45) is 0. The molecule has 1 aromatic carbocycles. The molecule has 0 bridgehead atoms. The largest absolute Gasteiger partial charge is 0.492 e. The van der Waals surface area contributed by atoms with Crippen molar-refractivity contribution in [1.82, 2.24) is 15.6 Å². The summed E-state index contributed by atoms with van der Waals surface area (Å²) in [6, 6.07) is 7.80. The summed E-state index contributed by atoms with van der Waals surface area (Å²) in [5, 5.41) is 7.55. The van der Waals surface area contributed by atoms with Gasteiger partial charge in [0, 0.05) is 16.4 Å². The lowest BCUT2D eigenvalue weighted by atomic mass is 10.3. The monoisotopic (exact) mass is 524 g/mol. The van der Waals surface area contributed by atoms with Gasteiger partial charge in [0.15, 0.2) is 5.96 Å². The molecule has 24 heavy (non-hydrogen) atoms. The number of thiazole rings is 1. The standard InChI is InChI=1S/C16H21BrN4OS.HI/c1-11-12(2)23-15(21-11)10-20-16(18-3)19-7-8-22-14-6-4-5-13(17)9-14;/h4-6,9H,7-8,10H2,1-3H3,(H2,18,19,20);1H. The molecule has 2 aromatic rings. The smallest absolute Gasteiger partial charge is 0.191 e. The predicted octanol–water partition coefficient (Wildman–Crippen LogP) is 3.88. The minimum Gasteiger partial charge on any atom is -0.492 e. The quantitative estimate of drug-likeness (QED) is 0.260. The average Bonchev–Trinajstić information content (AvgIpc) is 2.85. The van der Waals surface area contributed by atoms with E-state index in [0.29, 0.717) is 19.7 Å². The van der Waals surface area contributed by atoms with Gasteiger partial charge in [-0.3, -0.25) is 4.99 Å². The second-order valence-electron chi connectivity index (χ2n) is 4.91. The molecule has 5 nitrogen and oxygen atoms in total. The Labute approximate surface area is 172 Å². The highest BCUT2D eigenvalue weighted by atomic mass is 127. The molecule has 0 amide bonds. The third kappa shape index (κ3) is 6.94. The first-order chi connectivity index (χ1) is 11.1. The molecule has 132 valence electrons. The van der Waals surface area contributed by atoms with E-state index in [9.17, 15) is 0 Å². The molecule has 0 atom stereocenters. The molecule has 1 aromatic heterocycles. The maximum Gasteiger partial charge on any atom is 0.191 e. The normalized spacial score (nSPS) is 10.9. The Kier molecular flexibility index (Phi) is 9.60. The zero-order valence-corrected chi connectivity index (χ0v) is 18.7. The Balaban J connectivity index is 0.00000288. The fourth-order valence-electron chi connectivity index (χ4n) is 1.89. The number of hydrogen-bond donors (Lipinski definition) is 2. The average molecular weight is 525 g/mol. The van der Waals surface area contributed by atoms with Crippen LogP contribution in [0, 0.1) is 13.8 Å². The molecule has 0 aliphatic rings. The maximum atomic E-state index is 5.68. The van der Waals surface area contributed by atoms with Crippen molar-refractivity contribution in [2.45, 2.75) is 20.4 Å². The van der Waals surface area contributed by atoms with Crippen LogP contribution in [0.25, 0.3) is 0 Å². The summed E-state index contributed by atoms with van der Waals surface area (Å²) in [5.41, 5.74) is 1.09. The highest BCUT2D eigenvalue weighted by Crippen LogP contribution is 2.17. The van der Waals surface area contributed by atoms with Crippen molar-refractivity contribution in [2.75, 3.05) is 20.2 Å². The van der Waals surface area contributed by atoms with E-state index < -0.39 is 0 Å². The Bertz CT molecular complexity index is 658. The van der Waals surface area contributed by atoms with E-state index in [1.807, 2.05) is 31.2 Å². The van der Waals surface area contributed by atoms with Crippen LogP contribution in [0.3, 0.4) is 0 Å². The molecule has 0 saturated carbocycles. The van der Waals surface area contributed by atoms with Gasteiger partial charge >= 0.3 is 0 Å². The lowest BCUT2D eigenvalue weighted by Gasteiger charge is -2.11. The number of aromatic nitrogens is 1. The number of hydrogen-bond acceptors (Lipinski definition) is 4. The molecule has 0 aliphatic carbocycles. The van der Waals surface area contributed by atoms with Crippen LogP contribution in [0.2, 0.25) is 0 Å². The van der Waals surface area contributed by atoms with E-state index in [-0.39, 0.29) is 24.0 Å². The molecular weight excluding hydrogens is 503 g/mol. The number of nitrogens with one attached hydrogen (secondary N) is 2. The van der Waals surface area contributed by atoms with Crippen molar-refractivity contribution in [3.63, 3.8) is 0 Å². The van der Waals surface area contributed by atoms with Crippen molar-refractivity contribution in [2.24, 2.45) is 4.99 Å². The summed E-state index contributed by atoms with van der Waals surface area (Å²) in [6.45, 7) is 6.02. The molecule has 0 unspecified atom stereocenters. The summed E-state index contributed by atoms with van der Waals surface area (Å²) in [7, 11) is 1.75. The van der Waals surface area contributed by atoms with Crippen LogP contribution >= 0.6 is 51.2 Å². The second-order valence-corrected chi connectivity index (χ2v) is 7.11. The van der Waals surface area contributed by atoms with E-state index in [1.165, 1.54) is 4.88 Å². The Morgan fingerprint density at radius 3 is 2.75 bits per heavy atom. The number of halogens is 2. The molecule has 2 N–H and O–H groups in total. The van der Waals surface area contributed by atoms with Gasteiger partial charge in [-0.05, 0) is 32.0 Å². The number of aliphatic imine (C=N–C) groups is 1. The maximum absolute atomic E-state index is 5.68. The highest BCUT2D eigenvalue weighted by Gasteiger charge is 2.04. The number of ether oxygens (including phenoxy) is 1. The molecule has 0 aliphatic heterocycles. The van der Waals surface area contributed by atoms with Crippen molar-refractivity contribution in [1.29, 1.82) is 0 Å². The van der Waals surface area contributed by atoms with Crippen LogP contribution in [0.4, 0.5) is 0 Å². The molecular formula is C16H22BrIN4OS. The van der Waals surface area contributed by atoms with Gasteiger partial charge in [-0.15, -0.1) is 35.3 Å². The first-order valence-electron chi connectivity index (χ1n) is 7.34. The van der Waals surface area contributed by atoms with Crippen LogP contribution in [0.15, 0.2) is 33.7 Å². The van der Waals surface area contributed by atoms with Gasteiger partial charge in [0.1, 0.15) is 17.4 Å². The summed E-state index contributed by atoms with van der Waals surface area (Å²) in [5.74, 6) is 1.59. The summed E-state index contributed by atoms with van der Waals surface area (Å²) >= 11 is 5.13. The SMILES string of the molecule is CN=C(NCCOc1cccc(Br)c1)NCc1nc(C)c(C)s1.I. The number of nitrogens with zero attached hydrogens (tertiary/aromatic N) is 2. The third-order valence-corrected chi connectivity index (χ3v) is 4.73. The molecule has 0 fully saturated rings. The molecule has 2 rings (SSSR count). The molecule has 0 spiro atoms. The predicted molar refractivity (Wildman–Crippen MR) is 115 cm³/mol. The van der Waals surface area contributed by atoms with Gasteiger partial charge in [-0.1, -0.05) is 22.0 Å². The van der Waals surface area contributed by atoms with Gasteiger partial charge in [0.05, 0.1) is 18.8 Å². The van der Waals surface area contributed by atoms with Crippen LogP contribution in [0.1, 0.15) is 15.6 Å². The van der Waals surface area contributed by atoms with Crippen LogP contribution in [-0.4, -0.2) is 31.1 Å². The fraction of sp³-hybridized carbons (Fsp3) is 0.375. The molecule has 0 saturated heterocycles. The van der Waals surface area contributed by atoms with E-state index in [2.05, 4.69) is 43.5 Å². The third-order valence-electron chi connectivity index (χ3n) is 3.16. The number of aryl methyl sites for hydroxylation is 2. The van der Waals surface area contributed by atoms with Crippen molar-refractivity contribution in [3.05, 3.63) is 44.3 Å². The van der Waals surface area contributed by atoms with Crippen LogP contribution in [-0.2, 0) is 6.54 Å². The van der Waals surface area contributed by atoms with Gasteiger partial charge in [-0.2, -0.15) is 0 Å². The molecule has 8 heteroatoms. The number of rotatable bonds is 6. The number of guanidine groups is 1. The van der Waals surface area contributed by atoms with E-state index in [4.69, 9.17) is 4.74 Å². The lowest BCUT2D eigenvalue weighted by molar-refractivity contribution is 0.321. The first-order valence-corrected chi connectivity index (χ1v) is 8.95. The van der Waals surface area contributed by atoms with Crippen LogP contribution < -0.4 is 15.4 Å². The fourth-order valence-corrected chi connectivity index (χ4v) is 3.14. The zero-order valence-electron chi connectivity index (χ0n) is 13.9. The molecule has 0 radical (unpaired) electrons. The Hall–Kier alpha value is -0.870. The van der Waals surface area contributed by atoms with E-state index in [0.717, 1.165) is 26.9 Å². The van der Waals surface area contributed by atoms with Crippen molar-refractivity contribution < 1.29 is 4.74 Å². The Morgan fingerprint density at radius 1 is 1.33 bits per heavy atom. The minimum absolute atomic E-state index is 0. The number of benzene rings is 1. The minimum atomic E-state index is 0. The van der Waals surface area contributed by atoms with Gasteiger partial charge in [0.2, 0.25) is 0 Å². The highest BCUT2D eigenvalue weighted by molar-refractivity contribution is 14.0. The summed E-state index contributed by atoms with van der Waals surface area (Å²) < 4.78 is 6.69. The van der Waals surface area contributed by atoms with E-state index in [1.54, 1.807) is 18.4 Å². The van der Waals surface area contributed by atoms with Gasteiger partial charge in [0.25, 0.3) is 0 Å². The van der Waals surface area contributed by atoms with Crippen molar-refractivity contribution >= 4 is 57.2 Å². The zero-order chi connectivity index (χ0) is 16.7. The van der Waals surface area contributed by atoms with Gasteiger partial charge in [-0.25, -0.2) is 4.98 Å². The second kappa shape index (κ2) is 10.9. The Morgan fingerprint density at radius 2 is 2.12 bits per heavy atom. The van der Waals surface area contributed by atoms with Crippen LogP contribution in [0.5, 0.6) is 5.75 Å². The lowest BCUT2D eigenvalue weighted by Crippen LogP contribution is -2.38. The first kappa shape index (κ1) is 21.2.